The molecule has 0 N–H and O–H groups in total. The summed E-state index contributed by atoms with van der Waals surface area (Å²) >= 11 is 1.30. The van der Waals surface area contributed by atoms with E-state index >= 15 is 0 Å². The van der Waals surface area contributed by atoms with Gasteiger partial charge in [0.1, 0.15) is 16.8 Å². The molecule has 1 aliphatic rings. The average Bonchev–Trinajstić information content (AvgIpc) is 3.25. The van der Waals surface area contributed by atoms with Crippen molar-refractivity contribution in [1.29, 1.82) is 5.26 Å². The summed E-state index contributed by atoms with van der Waals surface area (Å²) in [7, 11) is 1.63. The number of benzene rings is 3. The Kier molecular flexibility index (Phi) is 5.68. The number of rotatable bonds is 6. The van der Waals surface area contributed by atoms with Crippen molar-refractivity contribution in [2.45, 2.75) is 11.4 Å². The van der Waals surface area contributed by atoms with E-state index in [-0.39, 0.29) is 11.5 Å². The van der Waals surface area contributed by atoms with Gasteiger partial charge >= 0.3 is 0 Å². The SMILES string of the molecule is COc1ccc(-c2ccc(C#N)c(SCC(=O)c3ccc4c(c3)Cc3ccccc3-4)n2)cc1. The molecule has 33 heavy (non-hydrogen) atoms. The molecule has 5 heteroatoms. The lowest BCUT2D eigenvalue weighted by Gasteiger charge is -2.08. The Bertz CT molecular complexity index is 1400. The molecular formula is C28H20N2O2S. The van der Waals surface area contributed by atoms with Gasteiger partial charge in [-0.25, -0.2) is 4.98 Å². The van der Waals surface area contributed by atoms with Gasteiger partial charge in [0.2, 0.25) is 0 Å². The van der Waals surface area contributed by atoms with Gasteiger partial charge in [-0.3, -0.25) is 4.79 Å². The fraction of sp³-hybridized carbons (Fsp3) is 0.107. The molecule has 0 aliphatic heterocycles. The number of nitriles is 1. The second kappa shape index (κ2) is 8.93. The van der Waals surface area contributed by atoms with Crippen LogP contribution in [0.5, 0.6) is 5.75 Å². The van der Waals surface area contributed by atoms with Crippen molar-refractivity contribution in [3.63, 3.8) is 0 Å². The van der Waals surface area contributed by atoms with Gasteiger partial charge in [0.25, 0.3) is 0 Å². The summed E-state index contributed by atoms with van der Waals surface area (Å²) in [5, 5.41) is 10.1. The lowest BCUT2D eigenvalue weighted by atomic mass is 10.0. The number of ketones is 1. The van der Waals surface area contributed by atoms with Crippen LogP contribution in [0.4, 0.5) is 0 Å². The van der Waals surface area contributed by atoms with Crippen molar-refractivity contribution in [3.05, 3.63) is 101 Å². The first-order valence-corrected chi connectivity index (χ1v) is 11.6. The second-order valence-electron chi connectivity index (χ2n) is 7.81. The number of fused-ring (bicyclic) bond motifs is 3. The molecule has 0 bridgehead atoms. The number of nitrogens with zero attached hydrogens (tertiary/aromatic N) is 2. The van der Waals surface area contributed by atoms with Gasteiger partial charge in [0, 0.05) is 11.1 Å². The van der Waals surface area contributed by atoms with E-state index in [1.54, 1.807) is 13.2 Å². The molecule has 1 heterocycles. The number of aromatic nitrogens is 1. The van der Waals surface area contributed by atoms with Crippen molar-refractivity contribution in [2.75, 3.05) is 12.9 Å². The molecule has 0 unspecified atom stereocenters. The minimum absolute atomic E-state index is 0.0271. The lowest BCUT2D eigenvalue weighted by molar-refractivity contribution is 0.102. The number of Topliss-reactive ketones (excluding diaryl/α,β-unsaturated/α-hetero) is 1. The minimum Gasteiger partial charge on any atom is -0.497 e. The predicted octanol–water partition coefficient (Wildman–Crippen LogP) is 6.18. The minimum atomic E-state index is 0.0271. The fourth-order valence-electron chi connectivity index (χ4n) is 4.09. The Morgan fingerprint density at radius 3 is 2.58 bits per heavy atom. The highest BCUT2D eigenvalue weighted by atomic mass is 32.2. The maximum Gasteiger partial charge on any atom is 0.173 e. The van der Waals surface area contributed by atoms with Crippen molar-refractivity contribution in [2.24, 2.45) is 0 Å². The van der Waals surface area contributed by atoms with Crippen LogP contribution in [0.3, 0.4) is 0 Å². The number of carbonyl (C=O) groups excluding carboxylic acids is 1. The van der Waals surface area contributed by atoms with Crippen molar-refractivity contribution >= 4 is 17.5 Å². The summed E-state index contributed by atoms with van der Waals surface area (Å²) in [6, 6.07) is 27.7. The summed E-state index contributed by atoms with van der Waals surface area (Å²) in [6.45, 7) is 0. The van der Waals surface area contributed by atoms with Gasteiger partial charge in [-0.15, -0.1) is 0 Å². The van der Waals surface area contributed by atoms with E-state index in [9.17, 15) is 10.1 Å². The van der Waals surface area contributed by atoms with E-state index in [0.717, 1.165) is 23.4 Å². The number of ether oxygens (including phenoxy) is 1. The normalized spacial score (nSPS) is 11.4. The number of thioether (sulfide) groups is 1. The van der Waals surface area contributed by atoms with Crippen LogP contribution in [-0.2, 0) is 6.42 Å². The molecule has 4 aromatic rings. The molecule has 1 aromatic heterocycles. The highest BCUT2D eigenvalue weighted by molar-refractivity contribution is 8.00. The van der Waals surface area contributed by atoms with Gasteiger partial charge in [0.05, 0.1) is 24.1 Å². The van der Waals surface area contributed by atoms with Crippen molar-refractivity contribution in [1.82, 2.24) is 4.98 Å². The maximum absolute atomic E-state index is 13.0. The zero-order valence-electron chi connectivity index (χ0n) is 18.0. The topological polar surface area (TPSA) is 63.0 Å². The Morgan fingerprint density at radius 2 is 1.79 bits per heavy atom. The summed E-state index contributed by atoms with van der Waals surface area (Å²) in [6.07, 6.45) is 0.851. The zero-order chi connectivity index (χ0) is 22.8. The number of hydrogen-bond acceptors (Lipinski definition) is 5. The quantitative estimate of drug-likeness (QED) is 0.229. The Morgan fingerprint density at radius 1 is 1.00 bits per heavy atom. The second-order valence-corrected chi connectivity index (χ2v) is 8.77. The predicted molar refractivity (Wildman–Crippen MR) is 131 cm³/mol. The summed E-state index contributed by atoms with van der Waals surface area (Å²) in [5.41, 5.74) is 7.77. The lowest BCUT2D eigenvalue weighted by Crippen LogP contribution is -2.04. The summed E-state index contributed by atoms with van der Waals surface area (Å²) in [4.78, 5) is 17.6. The standard InChI is InChI=1S/C28H20N2O2S/c1-32-23-10-6-18(7-11-23)26-13-9-21(16-29)28(30-26)33-17-27(31)20-8-12-25-22(15-20)14-19-4-2-3-5-24(19)25/h2-13,15H,14,17H2,1H3. The van der Waals surface area contributed by atoms with Crippen LogP contribution in [-0.4, -0.2) is 23.6 Å². The van der Waals surface area contributed by atoms with Crippen LogP contribution in [0.1, 0.15) is 27.0 Å². The van der Waals surface area contributed by atoms with Gasteiger partial charge in [-0.1, -0.05) is 48.2 Å². The first-order chi connectivity index (χ1) is 16.2. The average molecular weight is 449 g/mol. The molecule has 160 valence electrons. The molecule has 0 radical (unpaired) electrons. The molecule has 0 amide bonds. The third-order valence-corrected chi connectivity index (χ3v) is 6.81. The molecule has 3 aromatic carbocycles. The largest absolute Gasteiger partial charge is 0.497 e. The van der Waals surface area contributed by atoms with Gasteiger partial charge < -0.3 is 4.74 Å². The van der Waals surface area contributed by atoms with E-state index in [1.807, 2.05) is 60.7 Å². The highest BCUT2D eigenvalue weighted by Crippen LogP contribution is 2.37. The number of methoxy groups -OCH3 is 1. The maximum atomic E-state index is 13.0. The first-order valence-electron chi connectivity index (χ1n) is 10.6. The molecule has 0 saturated heterocycles. The van der Waals surface area contributed by atoms with Crippen LogP contribution >= 0.6 is 11.8 Å². The van der Waals surface area contributed by atoms with Crippen LogP contribution in [0.2, 0.25) is 0 Å². The number of carbonyl (C=O) groups is 1. The molecular weight excluding hydrogens is 428 g/mol. The molecule has 0 saturated carbocycles. The third-order valence-electron chi connectivity index (χ3n) is 5.82. The van der Waals surface area contributed by atoms with Gasteiger partial charge in [-0.2, -0.15) is 5.26 Å². The van der Waals surface area contributed by atoms with Crippen molar-refractivity contribution in [3.8, 4) is 34.2 Å². The van der Waals surface area contributed by atoms with E-state index in [4.69, 9.17) is 4.74 Å². The zero-order valence-corrected chi connectivity index (χ0v) is 18.9. The molecule has 5 rings (SSSR count). The Balaban J connectivity index is 1.34. The van der Waals surface area contributed by atoms with Crippen LogP contribution in [0.15, 0.2) is 83.9 Å². The Hall–Kier alpha value is -3.88. The molecule has 1 aliphatic carbocycles. The molecule has 0 atom stereocenters. The van der Waals surface area contributed by atoms with Crippen molar-refractivity contribution < 1.29 is 9.53 Å². The number of pyridine rings is 1. The monoisotopic (exact) mass is 448 g/mol. The smallest absolute Gasteiger partial charge is 0.173 e. The third kappa shape index (κ3) is 4.13. The Labute approximate surface area is 196 Å². The van der Waals surface area contributed by atoms with E-state index in [2.05, 4.69) is 23.2 Å². The fourth-order valence-corrected chi connectivity index (χ4v) is 4.96. The van der Waals surface area contributed by atoms with E-state index < -0.39 is 0 Å². The molecule has 0 fully saturated rings. The highest BCUT2D eigenvalue weighted by Gasteiger charge is 2.20. The van der Waals surface area contributed by atoms with E-state index in [1.165, 1.54) is 34.0 Å². The van der Waals surface area contributed by atoms with Gasteiger partial charge in [0.15, 0.2) is 5.78 Å². The summed E-state index contributed by atoms with van der Waals surface area (Å²) < 4.78 is 5.21. The van der Waals surface area contributed by atoms with Crippen LogP contribution in [0, 0.1) is 11.3 Å². The van der Waals surface area contributed by atoms with Gasteiger partial charge in [-0.05, 0) is 71.1 Å². The molecule has 4 nitrogen and oxygen atoms in total. The van der Waals surface area contributed by atoms with E-state index in [0.29, 0.717) is 16.2 Å². The van der Waals surface area contributed by atoms with Crippen LogP contribution < -0.4 is 4.74 Å². The first kappa shape index (κ1) is 21.0. The van der Waals surface area contributed by atoms with Crippen LogP contribution in [0.25, 0.3) is 22.4 Å². The summed E-state index contributed by atoms with van der Waals surface area (Å²) in [5.74, 6) is 1.02. The number of hydrogen-bond donors (Lipinski definition) is 0. The molecule has 0 spiro atoms.